The Balaban J connectivity index is 0. The summed E-state index contributed by atoms with van der Waals surface area (Å²) in [4.78, 5) is 2.74. The van der Waals surface area contributed by atoms with Crippen LogP contribution in [0.1, 0.15) is 0 Å². The molecular formula is C13H11Cl2NTi. The van der Waals surface area contributed by atoms with Crippen LogP contribution in [0.5, 0.6) is 0 Å². The van der Waals surface area contributed by atoms with Crippen molar-refractivity contribution < 1.29 is 46.5 Å². The van der Waals surface area contributed by atoms with Crippen molar-refractivity contribution in [1.82, 2.24) is 4.98 Å². The van der Waals surface area contributed by atoms with Gasteiger partial charge in [0.1, 0.15) is 0 Å². The quantitative estimate of drug-likeness (QED) is 0.346. The van der Waals surface area contributed by atoms with Gasteiger partial charge in [0.25, 0.3) is 0 Å². The third-order valence-electron chi connectivity index (χ3n) is 1.99. The van der Waals surface area contributed by atoms with Crippen LogP contribution in [-0.2, 0) is 21.7 Å². The molecule has 0 aliphatic carbocycles. The molecule has 0 aliphatic rings. The SMILES string of the molecule is [Cl-].[Cl-].[Ti+4].[c-]1ccc[nH]1.c1ccc2[cH-]ccc2c1. The zero-order chi connectivity index (χ0) is 9.64. The molecule has 1 N–H and O–H groups in total. The maximum atomic E-state index is 2.74. The van der Waals surface area contributed by atoms with E-state index in [1.807, 2.05) is 18.3 Å². The number of nitrogens with one attached hydrogen (secondary N) is 1. The summed E-state index contributed by atoms with van der Waals surface area (Å²) in [6.07, 6.45) is 4.56. The van der Waals surface area contributed by atoms with E-state index in [0.717, 1.165) is 0 Å². The molecule has 0 unspecified atom stereocenters. The minimum absolute atomic E-state index is 0. The van der Waals surface area contributed by atoms with E-state index in [1.54, 1.807) is 0 Å². The van der Waals surface area contributed by atoms with Crippen molar-refractivity contribution in [1.29, 1.82) is 0 Å². The van der Waals surface area contributed by atoms with E-state index < -0.39 is 0 Å². The molecular weight excluding hydrogens is 289 g/mol. The van der Waals surface area contributed by atoms with E-state index in [-0.39, 0.29) is 46.5 Å². The first-order valence-corrected chi connectivity index (χ1v) is 4.57. The molecule has 17 heavy (non-hydrogen) atoms. The van der Waals surface area contributed by atoms with Gasteiger partial charge >= 0.3 is 21.7 Å². The molecule has 3 rings (SSSR count). The topological polar surface area (TPSA) is 15.8 Å². The van der Waals surface area contributed by atoms with Crippen LogP contribution >= 0.6 is 0 Å². The minimum atomic E-state index is 0. The Labute approximate surface area is 129 Å². The van der Waals surface area contributed by atoms with E-state index in [2.05, 4.69) is 53.6 Å². The van der Waals surface area contributed by atoms with Crippen molar-refractivity contribution in [3.05, 3.63) is 67.0 Å². The number of fused-ring (bicyclic) bond motifs is 1. The third-order valence-corrected chi connectivity index (χ3v) is 1.99. The molecule has 0 bridgehead atoms. The molecule has 4 heteroatoms. The van der Waals surface area contributed by atoms with Crippen LogP contribution in [0.4, 0.5) is 0 Å². The minimum Gasteiger partial charge on any atom is -1.00 e. The van der Waals surface area contributed by atoms with Gasteiger partial charge in [-0.05, 0) is 0 Å². The molecule has 0 saturated heterocycles. The average molecular weight is 300 g/mol. The van der Waals surface area contributed by atoms with Gasteiger partial charge in [0.15, 0.2) is 0 Å². The summed E-state index contributed by atoms with van der Waals surface area (Å²) in [5.41, 5.74) is 0. The summed E-state index contributed by atoms with van der Waals surface area (Å²) in [5.74, 6) is 0. The molecule has 0 aliphatic heterocycles. The average Bonchev–Trinajstić information content (AvgIpc) is 2.92. The monoisotopic (exact) mass is 299 g/mol. The van der Waals surface area contributed by atoms with Gasteiger partial charge in [0.2, 0.25) is 0 Å². The van der Waals surface area contributed by atoms with Crippen LogP contribution in [0, 0.1) is 6.20 Å². The molecule has 1 heterocycles. The fraction of sp³-hybridized carbons (Fsp3) is 0. The molecule has 0 amide bonds. The van der Waals surface area contributed by atoms with Crippen LogP contribution in [0.15, 0.2) is 60.8 Å². The van der Waals surface area contributed by atoms with Gasteiger partial charge in [-0.1, -0.05) is 6.07 Å². The number of halogens is 2. The second-order valence-corrected chi connectivity index (χ2v) is 2.97. The summed E-state index contributed by atoms with van der Waals surface area (Å²) in [6, 6.07) is 18.4. The van der Waals surface area contributed by atoms with Gasteiger partial charge in [-0.15, -0.1) is 35.8 Å². The number of hydrogen-bond donors (Lipinski definition) is 1. The normalized spacial score (nSPS) is 7.76. The standard InChI is InChI=1S/C9H7.C4H4N.2ClH.Ti/c1-2-5-9-7-3-6-8(9)4-1;1-2-4-5-3-1;;;/h1-7H;1-3,5H;2*1H;/q2*-1;;;+4/p-2. The fourth-order valence-corrected chi connectivity index (χ4v) is 1.31. The summed E-state index contributed by atoms with van der Waals surface area (Å²) in [6.45, 7) is 0. The Morgan fingerprint density at radius 2 is 1.76 bits per heavy atom. The van der Waals surface area contributed by atoms with Gasteiger partial charge in [-0.2, -0.15) is 35.8 Å². The number of aromatic nitrogens is 1. The van der Waals surface area contributed by atoms with Crippen LogP contribution in [0.25, 0.3) is 10.8 Å². The number of H-pyrrole nitrogens is 1. The van der Waals surface area contributed by atoms with Crippen molar-refractivity contribution in [2.45, 2.75) is 0 Å². The summed E-state index contributed by atoms with van der Waals surface area (Å²) >= 11 is 0. The summed E-state index contributed by atoms with van der Waals surface area (Å²) < 4.78 is 0. The van der Waals surface area contributed by atoms with Gasteiger partial charge in [0, 0.05) is 0 Å². The number of rotatable bonds is 0. The zero-order valence-electron chi connectivity index (χ0n) is 9.03. The fourth-order valence-electron chi connectivity index (χ4n) is 1.31. The number of benzene rings is 1. The van der Waals surface area contributed by atoms with E-state index in [0.29, 0.717) is 0 Å². The van der Waals surface area contributed by atoms with Crippen LogP contribution in [0.2, 0.25) is 0 Å². The second kappa shape index (κ2) is 10.6. The Morgan fingerprint density at radius 1 is 1.00 bits per heavy atom. The third kappa shape index (κ3) is 6.04. The molecule has 0 radical (unpaired) electrons. The van der Waals surface area contributed by atoms with E-state index in [4.69, 9.17) is 0 Å². The predicted molar refractivity (Wildman–Crippen MR) is 59.2 cm³/mol. The van der Waals surface area contributed by atoms with Crippen molar-refractivity contribution in [2.24, 2.45) is 0 Å². The molecule has 0 atom stereocenters. The number of hydrogen-bond acceptors (Lipinski definition) is 0. The molecule has 86 valence electrons. The molecule has 2 aromatic carbocycles. The number of aromatic amines is 1. The van der Waals surface area contributed by atoms with Crippen LogP contribution in [0.3, 0.4) is 0 Å². The van der Waals surface area contributed by atoms with E-state index in [1.165, 1.54) is 10.8 Å². The van der Waals surface area contributed by atoms with Crippen molar-refractivity contribution in [3.63, 3.8) is 0 Å². The Morgan fingerprint density at radius 3 is 2.29 bits per heavy atom. The van der Waals surface area contributed by atoms with Crippen molar-refractivity contribution >= 4 is 10.8 Å². The second-order valence-electron chi connectivity index (χ2n) is 2.97. The first-order valence-electron chi connectivity index (χ1n) is 4.57. The first kappa shape index (κ1) is 18.8. The van der Waals surface area contributed by atoms with Gasteiger partial charge in [-0.25, -0.2) is 0 Å². The van der Waals surface area contributed by atoms with E-state index in [9.17, 15) is 0 Å². The summed E-state index contributed by atoms with van der Waals surface area (Å²) in [7, 11) is 0. The van der Waals surface area contributed by atoms with E-state index >= 15 is 0 Å². The van der Waals surface area contributed by atoms with Gasteiger partial charge in [-0.3, -0.25) is 0 Å². The Bertz CT molecular complexity index is 429. The van der Waals surface area contributed by atoms with Crippen molar-refractivity contribution in [2.75, 3.05) is 0 Å². The molecule has 3 aromatic rings. The smallest absolute Gasteiger partial charge is 1.00 e. The van der Waals surface area contributed by atoms with Crippen LogP contribution < -0.4 is 24.8 Å². The van der Waals surface area contributed by atoms with Gasteiger partial charge in [0.05, 0.1) is 0 Å². The molecule has 0 fully saturated rings. The maximum absolute atomic E-state index is 2.74. The van der Waals surface area contributed by atoms with Gasteiger partial charge < -0.3 is 29.8 Å². The predicted octanol–water partition coefficient (Wildman–Crippen LogP) is -2.62. The Kier molecular flexibility index (Phi) is 11.6. The molecule has 0 spiro atoms. The molecule has 1 aromatic heterocycles. The summed E-state index contributed by atoms with van der Waals surface area (Å²) in [5, 5.41) is 2.66. The first-order chi connectivity index (χ1) is 6.97. The molecule has 0 saturated carbocycles. The Hall–Kier alpha value is -0.596. The largest absolute Gasteiger partial charge is 4.00 e. The van der Waals surface area contributed by atoms with Crippen LogP contribution in [-0.4, -0.2) is 4.98 Å². The zero-order valence-corrected chi connectivity index (χ0v) is 12.1. The maximum Gasteiger partial charge on any atom is 4.00 e. The molecule has 1 nitrogen and oxygen atoms in total. The van der Waals surface area contributed by atoms with Crippen molar-refractivity contribution in [3.8, 4) is 0 Å².